The average molecular weight is 322 g/mol. The first-order valence-corrected chi connectivity index (χ1v) is 6.70. The van der Waals surface area contributed by atoms with Crippen molar-refractivity contribution < 1.29 is 31.5 Å². The van der Waals surface area contributed by atoms with Gasteiger partial charge in [0.15, 0.2) is 23.3 Å². The molecule has 0 aliphatic heterocycles. The highest BCUT2D eigenvalue weighted by Gasteiger charge is 2.31. The number of unbranched alkanes of at least 4 members (excludes halogenated alkanes) is 1. The number of hydrogen-bond donors (Lipinski definition) is 0. The van der Waals surface area contributed by atoms with E-state index >= 15 is 0 Å². The molecule has 22 heavy (non-hydrogen) atoms. The van der Waals surface area contributed by atoms with E-state index in [0.717, 1.165) is 6.42 Å². The van der Waals surface area contributed by atoms with Gasteiger partial charge in [-0.05, 0) is 25.8 Å². The van der Waals surface area contributed by atoms with E-state index in [1.807, 2.05) is 6.92 Å². The average Bonchev–Trinajstić information content (AvgIpc) is 2.49. The van der Waals surface area contributed by atoms with Crippen LogP contribution in [0.1, 0.15) is 43.5 Å². The van der Waals surface area contributed by atoms with Crippen molar-refractivity contribution in [2.24, 2.45) is 0 Å². The zero-order valence-corrected chi connectivity index (χ0v) is 12.1. The summed E-state index contributed by atoms with van der Waals surface area (Å²) < 4.78 is 70.9. The van der Waals surface area contributed by atoms with Gasteiger partial charge in [-0.15, -0.1) is 0 Å². The second-order valence-electron chi connectivity index (χ2n) is 4.56. The number of halogens is 5. The quantitative estimate of drug-likeness (QED) is 0.250. The van der Waals surface area contributed by atoms with Gasteiger partial charge in [0, 0.05) is 0 Å². The lowest BCUT2D eigenvalue weighted by Crippen LogP contribution is -2.20. The van der Waals surface area contributed by atoms with Crippen LogP contribution in [0.15, 0.2) is 12.2 Å². The summed E-state index contributed by atoms with van der Waals surface area (Å²) in [6.07, 6.45) is 4.06. The molecule has 1 atom stereocenters. The Labute approximate surface area is 124 Å². The summed E-state index contributed by atoms with van der Waals surface area (Å²) in [4.78, 5) is 11.8. The summed E-state index contributed by atoms with van der Waals surface area (Å²) >= 11 is 0. The third-order valence-corrected chi connectivity index (χ3v) is 2.92. The SMILES string of the molecule is C/C=C\[C@@H](CCCC)OC(=O)c1c(F)c(F)c(F)c(F)c1F. The van der Waals surface area contributed by atoms with Gasteiger partial charge in [-0.3, -0.25) is 0 Å². The van der Waals surface area contributed by atoms with Crippen LogP contribution in [0.25, 0.3) is 0 Å². The molecule has 1 aromatic carbocycles. The molecular weight excluding hydrogens is 307 g/mol. The lowest BCUT2D eigenvalue weighted by molar-refractivity contribution is 0.0362. The minimum absolute atomic E-state index is 0.377. The van der Waals surface area contributed by atoms with Crippen molar-refractivity contribution in [1.82, 2.24) is 0 Å². The van der Waals surface area contributed by atoms with Gasteiger partial charge in [0.1, 0.15) is 11.7 Å². The van der Waals surface area contributed by atoms with Crippen LogP contribution >= 0.6 is 0 Å². The fourth-order valence-corrected chi connectivity index (χ4v) is 1.79. The first-order valence-electron chi connectivity index (χ1n) is 6.70. The van der Waals surface area contributed by atoms with E-state index in [9.17, 15) is 26.7 Å². The number of benzene rings is 1. The van der Waals surface area contributed by atoms with Crippen molar-refractivity contribution in [3.05, 3.63) is 46.8 Å². The van der Waals surface area contributed by atoms with E-state index in [4.69, 9.17) is 4.74 Å². The van der Waals surface area contributed by atoms with Crippen molar-refractivity contribution >= 4 is 5.97 Å². The minimum Gasteiger partial charge on any atom is -0.454 e. The topological polar surface area (TPSA) is 26.3 Å². The number of rotatable bonds is 6. The third kappa shape index (κ3) is 3.84. The van der Waals surface area contributed by atoms with E-state index in [-0.39, 0.29) is 0 Å². The number of hydrogen-bond acceptors (Lipinski definition) is 2. The Bertz CT molecular complexity index is 555. The summed E-state index contributed by atoms with van der Waals surface area (Å²) in [5.74, 6) is -12.7. The second kappa shape index (κ2) is 7.91. The third-order valence-electron chi connectivity index (χ3n) is 2.92. The number of carbonyl (C=O) groups excluding carboxylic acids is 1. The largest absolute Gasteiger partial charge is 0.454 e. The molecule has 0 amide bonds. The Morgan fingerprint density at radius 1 is 1.05 bits per heavy atom. The molecule has 0 saturated heterocycles. The Balaban J connectivity index is 3.12. The van der Waals surface area contributed by atoms with Gasteiger partial charge < -0.3 is 4.74 Å². The molecule has 0 spiro atoms. The minimum atomic E-state index is -2.32. The van der Waals surface area contributed by atoms with Gasteiger partial charge in [0.05, 0.1) is 0 Å². The molecule has 0 aliphatic carbocycles. The Morgan fingerprint density at radius 2 is 1.55 bits per heavy atom. The summed E-state index contributed by atoms with van der Waals surface area (Å²) in [5.41, 5.74) is -1.58. The molecule has 0 radical (unpaired) electrons. The molecule has 0 N–H and O–H groups in total. The Hall–Kier alpha value is -1.92. The monoisotopic (exact) mass is 322 g/mol. The van der Waals surface area contributed by atoms with Gasteiger partial charge in [-0.25, -0.2) is 26.7 Å². The molecular formula is C15H15F5O2. The van der Waals surface area contributed by atoms with Crippen LogP contribution < -0.4 is 0 Å². The highest BCUT2D eigenvalue weighted by molar-refractivity contribution is 5.90. The molecule has 7 heteroatoms. The fourth-order valence-electron chi connectivity index (χ4n) is 1.79. The molecule has 0 unspecified atom stereocenters. The molecule has 0 heterocycles. The highest BCUT2D eigenvalue weighted by Crippen LogP contribution is 2.24. The normalized spacial score (nSPS) is 12.7. The van der Waals surface area contributed by atoms with Crippen molar-refractivity contribution in [2.45, 2.75) is 39.2 Å². The first kappa shape index (κ1) is 18.1. The van der Waals surface area contributed by atoms with Crippen molar-refractivity contribution in [1.29, 1.82) is 0 Å². The zero-order valence-electron chi connectivity index (χ0n) is 12.1. The molecule has 122 valence electrons. The van der Waals surface area contributed by atoms with E-state index in [0.29, 0.717) is 12.8 Å². The molecule has 1 rings (SSSR count). The maximum absolute atomic E-state index is 13.5. The Kier molecular flexibility index (Phi) is 6.52. The smallest absolute Gasteiger partial charge is 0.344 e. The first-order chi connectivity index (χ1) is 10.3. The van der Waals surface area contributed by atoms with Crippen LogP contribution in [0.5, 0.6) is 0 Å². The van der Waals surface area contributed by atoms with Crippen molar-refractivity contribution in [3.8, 4) is 0 Å². The number of ether oxygens (including phenoxy) is 1. The maximum Gasteiger partial charge on any atom is 0.344 e. The lowest BCUT2D eigenvalue weighted by Gasteiger charge is -2.15. The second-order valence-corrected chi connectivity index (χ2v) is 4.56. The summed E-state index contributed by atoms with van der Waals surface area (Å²) in [6, 6.07) is 0. The molecule has 0 aliphatic rings. The molecule has 2 nitrogen and oxygen atoms in total. The van der Waals surface area contributed by atoms with Crippen LogP contribution in [0.2, 0.25) is 0 Å². The fraction of sp³-hybridized carbons (Fsp3) is 0.400. The van der Waals surface area contributed by atoms with Gasteiger partial charge >= 0.3 is 5.97 Å². The van der Waals surface area contributed by atoms with Crippen LogP contribution in [-0.2, 0) is 4.74 Å². The number of carbonyl (C=O) groups is 1. The predicted molar refractivity (Wildman–Crippen MR) is 69.8 cm³/mol. The van der Waals surface area contributed by atoms with Crippen LogP contribution in [0.4, 0.5) is 22.0 Å². The summed E-state index contributed by atoms with van der Waals surface area (Å²) in [6.45, 7) is 3.53. The highest BCUT2D eigenvalue weighted by atomic mass is 19.2. The predicted octanol–water partition coefficient (Wildman–Crippen LogP) is 4.67. The van der Waals surface area contributed by atoms with Crippen molar-refractivity contribution in [2.75, 3.05) is 0 Å². The standard InChI is InChI=1S/C15H15F5O2/c1-3-5-7-8(6-4-2)22-15(21)9-10(16)12(18)14(20)13(19)11(9)17/h4,6,8H,3,5,7H2,1-2H3/b6-4-/t8-/m0/s1. The van der Waals surface area contributed by atoms with Gasteiger partial charge in [-0.1, -0.05) is 19.4 Å². The van der Waals surface area contributed by atoms with Gasteiger partial charge in [-0.2, -0.15) is 0 Å². The zero-order chi connectivity index (χ0) is 16.9. The van der Waals surface area contributed by atoms with Crippen LogP contribution in [-0.4, -0.2) is 12.1 Å². The van der Waals surface area contributed by atoms with E-state index in [1.165, 1.54) is 6.08 Å². The maximum atomic E-state index is 13.5. The van der Waals surface area contributed by atoms with E-state index in [2.05, 4.69) is 0 Å². The van der Waals surface area contributed by atoms with Crippen LogP contribution in [0, 0.1) is 29.1 Å². The molecule has 0 saturated carbocycles. The molecule has 0 fully saturated rings. The number of esters is 1. The van der Waals surface area contributed by atoms with Crippen LogP contribution in [0.3, 0.4) is 0 Å². The number of allylic oxidation sites excluding steroid dienone is 1. The summed E-state index contributed by atoms with van der Waals surface area (Å²) in [5, 5.41) is 0. The van der Waals surface area contributed by atoms with Gasteiger partial charge in [0.2, 0.25) is 5.82 Å². The molecule has 0 aromatic heterocycles. The Morgan fingerprint density at radius 3 is 2.00 bits per heavy atom. The van der Waals surface area contributed by atoms with Crippen molar-refractivity contribution in [3.63, 3.8) is 0 Å². The van der Waals surface area contributed by atoms with Gasteiger partial charge in [0.25, 0.3) is 0 Å². The molecule has 1 aromatic rings. The lowest BCUT2D eigenvalue weighted by atomic mass is 10.1. The van der Waals surface area contributed by atoms with E-state index < -0.39 is 46.7 Å². The summed E-state index contributed by atoms with van der Waals surface area (Å²) in [7, 11) is 0. The molecule has 0 bridgehead atoms. The van der Waals surface area contributed by atoms with E-state index in [1.54, 1.807) is 13.0 Å².